The van der Waals surface area contributed by atoms with Crippen molar-refractivity contribution >= 4 is 12.1 Å². The van der Waals surface area contributed by atoms with Crippen molar-refractivity contribution in [3.05, 3.63) is 0 Å². The number of amides is 1. The number of nitrogens with zero attached hydrogens (tertiary/aromatic N) is 1. The standard InChI is InChI=1S/C12H19NO4/c1-11(2,3)17-10(16)13-7-8(9(14)15)6-12(13)4-5-12/h8H,4-7H2,1-3H3,(H,14,15)/t8-/m1/s1. The van der Waals surface area contributed by atoms with Gasteiger partial charge in [0.1, 0.15) is 5.60 Å². The van der Waals surface area contributed by atoms with Gasteiger partial charge in [0.25, 0.3) is 0 Å². The van der Waals surface area contributed by atoms with Crippen molar-refractivity contribution in [1.82, 2.24) is 4.90 Å². The number of aliphatic carboxylic acids is 1. The fourth-order valence-electron chi connectivity index (χ4n) is 2.42. The second kappa shape index (κ2) is 3.62. The minimum Gasteiger partial charge on any atom is -0.481 e. The molecule has 1 aliphatic heterocycles. The lowest BCUT2D eigenvalue weighted by atomic mass is 10.1. The molecule has 17 heavy (non-hydrogen) atoms. The Labute approximate surface area is 101 Å². The van der Waals surface area contributed by atoms with Crippen molar-refractivity contribution in [1.29, 1.82) is 0 Å². The van der Waals surface area contributed by atoms with E-state index in [0.29, 0.717) is 6.42 Å². The molecule has 5 heteroatoms. The van der Waals surface area contributed by atoms with Gasteiger partial charge in [0, 0.05) is 12.1 Å². The van der Waals surface area contributed by atoms with Crippen molar-refractivity contribution in [3.8, 4) is 0 Å². The van der Waals surface area contributed by atoms with Gasteiger partial charge in [-0.05, 0) is 40.0 Å². The number of carbonyl (C=O) groups is 2. The lowest BCUT2D eigenvalue weighted by Gasteiger charge is -2.28. The van der Waals surface area contributed by atoms with Crippen LogP contribution in [0.1, 0.15) is 40.0 Å². The van der Waals surface area contributed by atoms with E-state index in [0.717, 1.165) is 12.8 Å². The summed E-state index contributed by atoms with van der Waals surface area (Å²) in [6.45, 7) is 5.73. The maximum atomic E-state index is 12.0. The van der Waals surface area contributed by atoms with Crippen LogP contribution in [-0.2, 0) is 9.53 Å². The van der Waals surface area contributed by atoms with E-state index in [-0.39, 0.29) is 18.2 Å². The summed E-state index contributed by atoms with van der Waals surface area (Å²) in [6.07, 6.45) is 1.99. The molecule has 2 aliphatic rings. The third-order valence-electron chi connectivity index (χ3n) is 3.39. The number of likely N-dealkylation sites (tertiary alicyclic amines) is 1. The number of hydrogen-bond acceptors (Lipinski definition) is 3. The zero-order valence-electron chi connectivity index (χ0n) is 10.5. The van der Waals surface area contributed by atoms with Crippen LogP contribution >= 0.6 is 0 Å². The molecule has 0 radical (unpaired) electrons. The highest BCUT2D eigenvalue weighted by Crippen LogP contribution is 2.51. The summed E-state index contributed by atoms with van der Waals surface area (Å²) in [5.41, 5.74) is -0.750. The predicted octanol–water partition coefficient (Wildman–Crippen LogP) is 1.86. The smallest absolute Gasteiger partial charge is 0.410 e. The summed E-state index contributed by atoms with van der Waals surface area (Å²) < 4.78 is 5.32. The molecule has 1 heterocycles. The van der Waals surface area contributed by atoms with E-state index in [4.69, 9.17) is 9.84 Å². The number of carbonyl (C=O) groups excluding carboxylic acids is 1. The van der Waals surface area contributed by atoms with Crippen LogP contribution < -0.4 is 0 Å². The maximum absolute atomic E-state index is 12.0. The molecule has 0 aromatic rings. The molecule has 1 amide bonds. The van der Waals surface area contributed by atoms with Crippen molar-refractivity contribution in [2.75, 3.05) is 6.54 Å². The molecular weight excluding hydrogens is 222 g/mol. The highest BCUT2D eigenvalue weighted by Gasteiger charge is 2.58. The van der Waals surface area contributed by atoms with E-state index in [1.807, 2.05) is 20.8 Å². The Morgan fingerprint density at radius 3 is 2.35 bits per heavy atom. The number of hydrogen-bond donors (Lipinski definition) is 1. The molecule has 0 bridgehead atoms. The van der Waals surface area contributed by atoms with E-state index in [2.05, 4.69) is 0 Å². The molecule has 0 aromatic heterocycles. The van der Waals surface area contributed by atoms with Gasteiger partial charge in [-0.15, -0.1) is 0 Å². The molecule has 0 aromatic carbocycles. The summed E-state index contributed by atoms with van der Waals surface area (Å²) in [7, 11) is 0. The van der Waals surface area contributed by atoms with Crippen LogP contribution in [0, 0.1) is 5.92 Å². The molecule has 1 spiro atoms. The Morgan fingerprint density at radius 1 is 1.35 bits per heavy atom. The second-order valence-corrected chi connectivity index (χ2v) is 6.05. The Hall–Kier alpha value is -1.26. The van der Waals surface area contributed by atoms with E-state index in [9.17, 15) is 9.59 Å². The van der Waals surface area contributed by atoms with Crippen LogP contribution in [0.15, 0.2) is 0 Å². The number of carboxylic acids is 1. The molecular formula is C12H19NO4. The first-order chi connectivity index (χ1) is 7.73. The summed E-state index contributed by atoms with van der Waals surface area (Å²) in [5.74, 6) is -1.26. The van der Waals surface area contributed by atoms with Gasteiger partial charge in [-0.25, -0.2) is 4.79 Å². The maximum Gasteiger partial charge on any atom is 0.410 e. The lowest BCUT2D eigenvalue weighted by molar-refractivity contribution is -0.141. The number of carboxylic acid groups (broad SMARTS) is 1. The van der Waals surface area contributed by atoms with Gasteiger partial charge in [0.2, 0.25) is 0 Å². The van der Waals surface area contributed by atoms with E-state index >= 15 is 0 Å². The molecule has 0 unspecified atom stereocenters. The number of rotatable bonds is 1. The van der Waals surface area contributed by atoms with Crippen LogP contribution in [-0.4, -0.2) is 39.8 Å². The highest BCUT2D eigenvalue weighted by molar-refractivity contribution is 5.76. The SMILES string of the molecule is CC(C)(C)OC(=O)N1C[C@H](C(=O)O)CC12CC2. The predicted molar refractivity (Wildman–Crippen MR) is 60.6 cm³/mol. The van der Waals surface area contributed by atoms with Crippen molar-refractivity contribution in [3.63, 3.8) is 0 Å². The van der Waals surface area contributed by atoms with Gasteiger partial charge < -0.3 is 14.7 Å². The summed E-state index contributed by atoms with van der Waals surface area (Å²) in [5, 5.41) is 9.03. The second-order valence-electron chi connectivity index (χ2n) is 6.05. The first-order valence-electron chi connectivity index (χ1n) is 5.97. The first kappa shape index (κ1) is 12.2. The van der Waals surface area contributed by atoms with Gasteiger partial charge >= 0.3 is 12.1 Å². The van der Waals surface area contributed by atoms with Gasteiger partial charge in [0.05, 0.1) is 5.92 Å². The Kier molecular flexibility index (Phi) is 2.60. The minimum absolute atomic E-state index is 0.217. The quantitative estimate of drug-likeness (QED) is 0.761. The van der Waals surface area contributed by atoms with Crippen molar-refractivity contribution in [2.45, 2.75) is 51.2 Å². The lowest BCUT2D eigenvalue weighted by Crippen LogP contribution is -2.41. The fourth-order valence-corrected chi connectivity index (χ4v) is 2.42. The Balaban J connectivity index is 2.06. The fraction of sp³-hybridized carbons (Fsp3) is 0.833. The Bertz CT molecular complexity index is 354. The molecule has 1 saturated heterocycles. The van der Waals surface area contributed by atoms with Crippen LogP contribution in [0.3, 0.4) is 0 Å². The van der Waals surface area contributed by atoms with Gasteiger partial charge in [0.15, 0.2) is 0 Å². The molecule has 5 nitrogen and oxygen atoms in total. The van der Waals surface area contributed by atoms with Gasteiger partial charge in [-0.1, -0.05) is 0 Å². The van der Waals surface area contributed by atoms with E-state index in [1.165, 1.54) is 0 Å². The van der Waals surface area contributed by atoms with E-state index < -0.39 is 17.5 Å². The first-order valence-corrected chi connectivity index (χ1v) is 5.97. The zero-order valence-corrected chi connectivity index (χ0v) is 10.5. The van der Waals surface area contributed by atoms with Crippen LogP contribution in [0.5, 0.6) is 0 Å². The topological polar surface area (TPSA) is 66.8 Å². The molecule has 1 aliphatic carbocycles. The largest absolute Gasteiger partial charge is 0.481 e. The van der Waals surface area contributed by atoms with Crippen molar-refractivity contribution < 1.29 is 19.4 Å². The van der Waals surface area contributed by atoms with Crippen LogP contribution in [0.2, 0.25) is 0 Å². The Morgan fingerprint density at radius 2 is 1.94 bits per heavy atom. The van der Waals surface area contributed by atoms with Crippen LogP contribution in [0.4, 0.5) is 4.79 Å². The summed E-state index contributed by atoms with van der Waals surface area (Å²) in [6, 6.07) is 0. The van der Waals surface area contributed by atoms with Crippen LogP contribution in [0.25, 0.3) is 0 Å². The van der Waals surface area contributed by atoms with Gasteiger partial charge in [-0.3, -0.25) is 4.79 Å². The number of ether oxygens (including phenoxy) is 1. The zero-order chi connectivity index (χ0) is 12.8. The normalized spacial score (nSPS) is 26.1. The molecule has 2 rings (SSSR count). The molecule has 1 N–H and O–H groups in total. The molecule has 96 valence electrons. The van der Waals surface area contributed by atoms with Crippen molar-refractivity contribution in [2.24, 2.45) is 5.92 Å². The molecule has 2 fully saturated rings. The van der Waals surface area contributed by atoms with Gasteiger partial charge in [-0.2, -0.15) is 0 Å². The average molecular weight is 241 g/mol. The van der Waals surface area contributed by atoms with E-state index in [1.54, 1.807) is 4.90 Å². The minimum atomic E-state index is -0.817. The summed E-state index contributed by atoms with van der Waals surface area (Å²) in [4.78, 5) is 24.6. The monoisotopic (exact) mass is 241 g/mol. The summed E-state index contributed by atoms with van der Waals surface area (Å²) >= 11 is 0. The third-order valence-corrected chi connectivity index (χ3v) is 3.39. The molecule has 1 atom stereocenters. The highest BCUT2D eigenvalue weighted by atomic mass is 16.6. The third kappa shape index (κ3) is 2.37. The average Bonchev–Trinajstić information content (AvgIpc) is 2.74. The molecule has 1 saturated carbocycles.